The Morgan fingerprint density at radius 2 is 1.95 bits per heavy atom. The minimum Gasteiger partial charge on any atom is -0.329 e. The molecule has 1 fully saturated rings. The average molecular weight is 274 g/mol. The second kappa shape index (κ2) is 6.89. The van der Waals surface area contributed by atoms with E-state index in [-0.39, 0.29) is 11.3 Å². The van der Waals surface area contributed by atoms with Crippen molar-refractivity contribution < 1.29 is 4.79 Å². The van der Waals surface area contributed by atoms with Crippen molar-refractivity contribution in [2.45, 2.75) is 51.9 Å². The van der Waals surface area contributed by atoms with Crippen molar-refractivity contribution in [2.24, 2.45) is 11.1 Å². The monoisotopic (exact) mass is 274 g/mol. The van der Waals surface area contributed by atoms with Crippen molar-refractivity contribution in [1.29, 1.82) is 0 Å². The van der Waals surface area contributed by atoms with Gasteiger partial charge in [0.15, 0.2) is 0 Å². The Hall–Kier alpha value is -1.35. The van der Waals surface area contributed by atoms with Crippen LogP contribution in [0.25, 0.3) is 0 Å². The van der Waals surface area contributed by atoms with Gasteiger partial charge in [0.1, 0.15) is 0 Å². The summed E-state index contributed by atoms with van der Waals surface area (Å²) in [4.78, 5) is 12.7. The fraction of sp³-hybridized carbons (Fsp3) is 0.588. The van der Waals surface area contributed by atoms with Crippen LogP contribution >= 0.6 is 0 Å². The van der Waals surface area contributed by atoms with Crippen molar-refractivity contribution in [2.75, 3.05) is 11.9 Å². The van der Waals surface area contributed by atoms with Crippen LogP contribution in [0.1, 0.15) is 51.0 Å². The first-order valence-corrected chi connectivity index (χ1v) is 7.81. The lowest BCUT2D eigenvalue weighted by Gasteiger charge is -2.34. The SMILES string of the molecule is CCCc1ccccc1NC(=O)C1(CN)CCCCC1. The van der Waals surface area contributed by atoms with Gasteiger partial charge in [-0.15, -0.1) is 0 Å². The van der Waals surface area contributed by atoms with E-state index in [9.17, 15) is 4.79 Å². The number of nitrogens with one attached hydrogen (secondary N) is 1. The Balaban J connectivity index is 2.14. The van der Waals surface area contributed by atoms with Crippen LogP contribution in [0, 0.1) is 5.41 Å². The highest BCUT2D eigenvalue weighted by atomic mass is 16.2. The van der Waals surface area contributed by atoms with Crippen LogP contribution < -0.4 is 11.1 Å². The van der Waals surface area contributed by atoms with Crippen LogP contribution in [0.4, 0.5) is 5.69 Å². The summed E-state index contributed by atoms with van der Waals surface area (Å²) in [6, 6.07) is 8.09. The van der Waals surface area contributed by atoms with E-state index >= 15 is 0 Å². The molecule has 0 heterocycles. The lowest BCUT2D eigenvalue weighted by atomic mass is 9.73. The fourth-order valence-electron chi connectivity index (χ4n) is 3.14. The van der Waals surface area contributed by atoms with Crippen molar-refractivity contribution in [1.82, 2.24) is 0 Å². The molecule has 1 aliphatic rings. The van der Waals surface area contributed by atoms with Gasteiger partial charge in [-0.1, -0.05) is 50.8 Å². The number of nitrogens with two attached hydrogens (primary N) is 1. The van der Waals surface area contributed by atoms with Crippen LogP contribution in [0.15, 0.2) is 24.3 Å². The zero-order valence-corrected chi connectivity index (χ0v) is 12.5. The molecule has 3 N–H and O–H groups in total. The van der Waals surface area contributed by atoms with Crippen molar-refractivity contribution in [3.8, 4) is 0 Å². The number of carbonyl (C=O) groups excluding carboxylic acids is 1. The zero-order valence-electron chi connectivity index (χ0n) is 12.5. The lowest BCUT2D eigenvalue weighted by molar-refractivity contribution is -0.126. The van der Waals surface area contributed by atoms with Crippen molar-refractivity contribution >= 4 is 11.6 Å². The Labute approximate surface area is 121 Å². The van der Waals surface area contributed by atoms with Gasteiger partial charge in [0.2, 0.25) is 5.91 Å². The van der Waals surface area contributed by atoms with E-state index < -0.39 is 0 Å². The van der Waals surface area contributed by atoms with Gasteiger partial charge in [0.05, 0.1) is 5.41 Å². The van der Waals surface area contributed by atoms with Crippen LogP contribution in [0.3, 0.4) is 0 Å². The highest BCUT2D eigenvalue weighted by Gasteiger charge is 2.38. The predicted octanol–water partition coefficient (Wildman–Crippen LogP) is 3.49. The van der Waals surface area contributed by atoms with Crippen molar-refractivity contribution in [3.05, 3.63) is 29.8 Å². The average Bonchev–Trinajstić information content (AvgIpc) is 2.50. The summed E-state index contributed by atoms with van der Waals surface area (Å²) in [5, 5.41) is 3.14. The van der Waals surface area contributed by atoms with Gasteiger partial charge in [-0.25, -0.2) is 0 Å². The second-order valence-corrected chi connectivity index (χ2v) is 5.91. The topological polar surface area (TPSA) is 55.1 Å². The first-order valence-electron chi connectivity index (χ1n) is 7.81. The molecule has 0 bridgehead atoms. The molecule has 0 spiro atoms. The number of benzene rings is 1. The molecule has 0 aromatic heterocycles. The third-order valence-corrected chi connectivity index (χ3v) is 4.47. The largest absolute Gasteiger partial charge is 0.329 e. The lowest BCUT2D eigenvalue weighted by Crippen LogP contribution is -2.44. The molecule has 2 rings (SSSR count). The third-order valence-electron chi connectivity index (χ3n) is 4.47. The molecule has 1 aliphatic carbocycles. The molecule has 3 heteroatoms. The van der Waals surface area contributed by atoms with Gasteiger partial charge in [0.25, 0.3) is 0 Å². The summed E-state index contributed by atoms with van der Waals surface area (Å²) < 4.78 is 0. The van der Waals surface area contributed by atoms with E-state index in [0.29, 0.717) is 6.54 Å². The molecular formula is C17H26N2O. The zero-order chi connectivity index (χ0) is 14.4. The number of amides is 1. The normalized spacial score (nSPS) is 17.7. The molecule has 20 heavy (non-hydrogen) atoms. The number of hydrogen-bond acceptors (Lipinski definition) is 2. The van der Waals surface area contributed by atoms with Crippen LogP contribution in [-0.4, -0.2) is 12.5 Å². The smallest absolute Gasteiger partial charge is 0.231 e. The molecule has 1 saturated carbocycles. The summed E-state index contributed by atoms with van der Waals surface area (Å²) in [5.74, 6) is 0.114. The molecule has 110 valence electrons. The number of anilines is 1. The summed E-state index contributed by atoms with van der Waals surface area (Å²) >= 11 is 0. The van der Waals surface area contributed by atoms with E-state index in [0.717, 1.165) is 44.2 Å². The molecule has 1 amide bonds. The van der Waals surface area contributed by atoms with Crippen molar-refractivity contribution in [3.63, 3.8) is 0 Å². The van der Waals surface area contributed by atoms with Gasteiger partial charge in [0, 0.05) is 12.2 Å². The molecule has 0 unspecified atom stereocenters. The molecule has 0 aliphatic heterocycles. The maximum atomic E-state index is 12.7. The molecule has 0 saturated heterocycles. The highest BCUT2D eigenvalue weighted by Crippen LogP contribution is 2.36. The Kier molecular flexibility index (Phi) is 5.18. The quantitative estimate of drug-likeness (QED) is 0.863. The first kappa shape index (κ1) is 15.0. The van der Waals surface area contributed by atoms with Gasteiger partial charge in [-0.3, -0.25) is 4.79 Å². The Bertz CT molecular complexity index is 450. The van der Waals surface area contributed by atoms with Crippen LogP contribution in [-0.2, 0) is 11.2 Å². The molecule has 1 aromatic carbocycles. The fourth-order valence-corrected chi connectivity index (χ4v) is 3.14. The van der Waals surface area contributed by atoms with Crippen LogP contribution in [0.2, 0.25) is 0 Å². The Morgan fingerprint density at radius 3 is 2.60 bits per heavy atom. The number of para-hydroxylation sites is 1. The van der Waals surface area contributed by atoms with E-state index in [1.807, 2.05) is 18.2 Å². The number of aryl methyl sites for hydroxylation is 1. The predicted molar refractivity (Wildman–Crippen MR) is 83.6 cm³/mol. The van der Waals surface area contributed by atoms with E-state index in [2.05, 4.69) is 18.3 Å². The standard InChI is InChI=1S/C17H26N2O/c1-2-8-14-9-4-5-10-15(14)19-16(20)17(13-18)11-6-3-7-12-17/h4-5,9-10H,2-3,6-8,11-13,18H2,1H3,(H,19,20). The van der Waals surface area contributed by atoms with E-state index in [4.69, 9.17) is 5.73 Å². The molecule has 0 atom stereocenters. The number of hydrogen-bond donors (Lipinski definition) is 2. The highest BCUT2D eigenvalue weighted by molar-refractivity contribution is 5.96. The van der Waals surface area contributed by atoms with Gasteiger partial charge in [-0.2, -0.15) is 0 Å². The number of carbonyl (C=O) groups is 1. The Morgan fingerprint density at radius 1 is 1.25 bits per heavy atom. The maximum absolute atomic E-state index is 12.7. The van der Waals surface area contributed by atoms with Crippen LogP contribution in [0.5, 0.6) is 0 Å². The summed E-state index contributed by atoms with van der Waals surface area (Å²) in [5.41, 5.74) is 7.75. The van der Waals surface area contributed by atoms with Gasteiger partial charge in [-0.05, 0) is 30.9 Å². The maximum Gasteiger partial charge on any atom is 0.231 e. The van der Waals surface area contributed by atoms with Gasteiger partial charge < -0.3 is 11.1 Å². The minimum absolute atomic E-state index is 0.114. The summed E-state index contributed by atoms with van der Waals surface area (Å²) in [6.45, 7) is 2.61. The molecule has 3 nitrogen and oxygen atoms in total. The molecule has 0 radical (unpaired) electrons. The minimum atomic E-state index is -0.350. The summed E-state index contributed by atoms with van der Waals surface area (Å²) in [6.07, 6.45) is 7.36. The van der Waals surface area contributed by atoms with Gasteiger partial charge >= 0.3 is 0 Å². The van der Waals surface area contributed by atoms with E-state index in [1.165, 1.54) is 12.0 Å². The third kappa shape index (κ3) is 3.21. The first-order chi connectivity index (χ1) is 9.72. The molecular weight excluding hydrogens is 248 g/mol. The molecule has 1 aromatic rings. The van der Waals surface area contributed by atoms with E-state index in [1.54, 1.807) is 0 Å². The number of rotatable bonds is 5. The summed E-state index contributed by atoms with van der Waals surface area (Å²) in [7, 11) is 0. The second-order valence-electron chi connectivity index (χ2n) is 5.91.